The third-order valence-electron chi connectivity index (χ3n) is 2.21. The zero-order valence-electron chi connectivity index (χ0n) is 9.31. The highest BCUT2D eigenvalue weighted by Crippen LogP contribution is 2.14. The van der Waals surface area contributed by atoms with Crippen LogP contribution in [0.15, 0.2) is 17.2 Å². The minimum absolute atomic E-state index is 0.475. The predicted molar refractivity (Wildman–Crippen MR) is 65.0 cm³/mol. The first-order valence-electron chi connectivity index (χ1n) is 5.20. The summed E-state index contributed by atoms with van der Waals surface area (Å²) in [6.45, 7) is 7.65. The number of anilines is 1. The second-order valence-electron chi connectivity index (χ2n) is 3.17. The van der Waals surface area contributed by atoms with E-state index in [0.29, 0.717) is 5.82 Å². The first kappa shape index (κ1) is 12.3. The Kier molecular flexibility index (Phi) is 5.42. The molecule has 0 bridgehead atoms. The van der Waals surface area contributed by atoms with Crippen molar-refractivity contribution in [2.24, 2.45) is 0 Å². The molecule has 0 saturated heterocycles. The number of thioether (sulfide) groups is 1. The molecule has 15 heavy (non-hydrogen) atoms. The van der Waals surface area contributed by atoms with Crippen molar-refractivity contribution in [3.63, 3.8) is 0 Å². The molecule has 2 N–H and O–H groups in total. The Morgan fingerprint density at radius 2 is 2.00 bits per heavy atom. The highest BCUT2D eigenvalue weighted by Gasteiger charge is 2.00. The van der Waals surface area contributed by atoms with E-state index in [-0.39, 0.29) is 0 Å². The molecule has 84 valence electrons. The maximum atomic E-state index is 5.46. The van der Waals surface area contributed by atoms with Gasteiger partial charge in [0.25, 0.3) is 0 Å². The molecule has 0 radical (unpaired) electrons. The van der Waals surface area contributed by atoms with Crippen molar-refractivity contribution >= 4 is 17.6 Å². The van der Waals surface area contributed by atoms with E-state index in [1.54, 1.807) is 17.8 Å². The van der Waals surface area contributed by atoms with Gasteiger partial charge in [0.15, 0.2) is 0 Å². The van der Waals surface area contributed by atoms with Crippen LogP contribution in [-0.4, -0.2) is 40.5 Å². The standard InChI is InChI=1S/C10H18N4S/c1-3-14(4-2)7-8-15-10-6-5-9(11)12-13-10/h5-6H,3-4,7-8H2,1-2H3,(H2,11,12). The molecular formula is C10H18N4S. The van der Waals surface area contributed by atoms with E-state index in [1.165, 1.54) is 0 Å². The largest absolute Gasteiger partial charge is 0.382 e. The summed E-state index contributed by atoms with van der Waals surface area (Å²) in [4.78, 5) is 2.39. The Labute approximate surface area is 95.3 Å². The molecule has 4 nitrogen and oxygen atoms in total. The average molecular weight is 226 g/mol. The van der Waals surface area contributed by atoms with E-state index < -0.39 is 0 Å². The number of hydrogen-bond acceptors (Lipinski definition) is 5. The highest BCUT2D eigenvalue weighted by molar-refractivity contribution is 7.99. The van der Waals surface area contributed by atoms with Gasteiger partial charge in [-0.25, -0.2) is 0 Å². The van der Waals surface area contributed by atoms with Crippen LogP contribution in [0.2, 0.25) is 0 Å². The van der Waals surface area contributed by atoms with Crippen molar-refractivity contribution in [1.82, 2.24) is 15.1 Å². The van der Waals surface area contributed by atoms with Gasteiger partial charge >= 0.3 is 0 Å². The maximum absolute atomic E-state index is 5.46. The molecule has 0 spiro atoms. The normalized spacial score (nSPS) is 10.9. The highest BCUT2D eigenvalue weighted by atomic mass is 32.2. The summed E-state index contributed by atoms with van der Waals surface area (Å²) in [5, 5.41) is 8.75. The fourth-order valence-electron chi connectivity index (χ4n) is 1.23. The molecule has 0 fully saturated rings. The molecule has 1 aromatic heterocycles. The Balaban J connectivity index is 2.28. The van der Waals surface area contributed by atoms with Gasteiger partial charge in [0.1, 0.15) is 10.8 Å². The summed E-state index contributed by atoms with van der Waals surface area (Å²) in [5.74, 6) is 1.52. The SMILES string of the molecule is CCN(CC)CCSc1ccc(N)nn1. The maximum Gasteiger partial charge on any atom is 0.146 e. The lowest BCUT2D eigenvalue weighted by Crippen LogP contribution is -2.25. The van der Waals surface area contributed by atoms with Gasteiger partial charge in [-0.3, -0.25) is 0 Å². The molecule has 0 unspecified atom stereocenters. The van der Waals surface area contributed by atoms with Crippen LogP contribution >= 0.6 is 11.8 Å². The molecule has 0 amide bonds. The Bertz CT molecular complexity index is 271. The Morgan fingerprint density at radius 3 is 2.53 bits per heavy atom. The predicted octanol–water partition coefficient (Wildman–Crippen LogP) is 1.49. The first-order valence-corrected chi connectivity index (χ1v) is 6.19. The van der Waals surface area contributed by atoms with Gasteiger partial charge in [-0.1, -0.05) is 13.8 Å². The molecule has 0 atom stereocenters. The van der Waals surface area contributed by atoms with Crippen LogP contribution in [0.5, 0.6) is 0 Å². The van der Waals surface area contributed by atoms with Crippen molar-refractivity contribution < 1.29 is 0 Å². The van der Waals surface area contributed by atoms with Crippen molar-refractivity contribution in [1.29, 1.82) is 0 Å². The van der Waals surface area contributed by atoms with Crippen LogP contribution in [0.1, 0.15) is 13.8 Å². The minimum atomic E-state index is 0.475. The van der Waals surface area contributed by atoms with Gasteiger partial charge in [0, 0.05) is 12.3 Å². The molecule has 0 aliphatic carbocycles. The van der Waals surface area contributed by atoms with E-state index in [2.05, 4.69) is 28.9 Å². The van der Waals surface area contributed by atoms with E-state index in [0.717, 1.165) is 30.4 Å². The lowest BCUT2D eigenvalue weighted by molar-refractivity contribution is 0.324. The number of nitrogen functional groups attached to an aromatic ring is 1. The third-order valence-corrected chi connectivity index (χ3v) is 3.11. The summed E-state index contributed by atoms with van der Waals surface area (Å²) in [6, 6.07) is 3.70. The summed E-state index contributed by atoms with van der Waals surface area (Å²) in [7, 11) is 0. The molecule has 1 aromatic rings. The van der Waals surface area contributed by atoms with E-state index in [9.17, 15) is 0 Å². The molecule has 0 aromatic carbocycles. The number of nitrogens with two attached hydrogens (primary N) is 1. The smallest absolute Gasteiger partial charge is 0.146 e. The number of aromatic nitrogens is 2. The van der Waals surface area contributed by atoms with Crippen molar-refractivity contribution in [3.8, 4) is 0 Å². The summed E-state index contributed by atoms with van der Waals surface area (Å²) >= 11 is 1.72. The quantitative estimate of drug-likeness (QED) is 0.745. The second kappa shape index (κ2) is 6.63. The minimum Gasteiger partial charge on any atom is -0.382 e. The van der Waals surface area contributed by atoms with E-state index >= 15 is 0 Å². The van der Waals surface area contributed by atoms with E-state index in [4.69, 9.17) is 5.73 Å². The zero-order chi connectivity index (χ0) is 11.1. The van der Waals surface area contributed by atoms with Crippen LogP contribution in [-0.2, 0) is 0 Å². The summed E-state index contributed by atoms with van der Waals surface area (Å²) < 4.78 is 0. The van der Waals surface area contributed by atoms with Crippen molar-refractivity contribution in [2.75, 3.05) is 31.1 Å². The van der Waals surface area contributed by atoms with Gasteiger partial charge in [-0.05, 0) is 25.2 Å². The molecule has 0 saturated carbocycles. The molecule has 5 heteroatoms. The average Bonchev–Trinajstić information content (AvgIpc) is 2.27. The van der Waals surface area contributed by atoms with Gasteiger partial charge in [-0.15, -0.1) is 22.0 Å². The lowest BCUT2D eigenvalue weighted by Gasteiger charge is -2.16. The van der Waals surface area contributed by atoms with Crippen LogP contribution in [0, 0.1) is 0 Å². The monoisotopic (exact) mass is 226 g/mol. The van der Waals surface area contributed by atoms with Gasteiger partial charge in [-0.2, -0.15) is 0 Å². The van der Waals surface area contributed by atoms with Crippen LogP contribution in [0.4, 0.5) is 5.82 Å². The topological polar surface area (TPSA) is 55.0 Å². The fraction of sp³-hybridized carbons (Fsp3) is 0.600. The molecular weight excluding hydrogens is 208 g/mol. The Morgan fingerprint density at radius 1 is 1.27 bits per heavy atom. The second-order valence-corrected chi connectivity index (χ2v) is 4.29. The number of rotatable bonds is 6. The molecule has 1 heterocycles. The fourth-order valence-corrected chi connectivity index (χ4v) is 2.05. The summed E-state index contributed by atoms with van der Waals surface area (Å²) in [6.07, 6.45) is 0. The first-order chi connectivity index (χ1) is 7.26. The Hall–Kier alpha value is -0.810. The van der Waals surface area contributed by atoms with Crippen LogP contribution in [0.3, 0.4) is 0 Å². The van der Waals surface area contributed by atoms with Gasteiger partial charge < -0.3 is 10.6 Å². The molecule has 0 aliphatic heterocycles. The van der Waals surface area contributed by atoms with Gasteiger partial charge in [0.05, 0.1) is 0 Å². The lowest BCUT2D eigenvalue weighted by atomic mass is 10.5. The van der Waals surface area contributed by atoms with Crippen molar-refractivity contribution in [3.05, 3.63) is 12.1 Å². The van der Waals surface area contributed by atoms with Crippen molar-refractivity contribution in [2.45, 2.75) is 18.9 Å². The van der Waals surface area contributed by atoms with E-state index in [1.807, 2.05) is 6.07 Å². The third kappa shape index (κ3) is 4.48. The molecule has 1 rings (SSSR count). The van der Waals surface area contributed by atoms with Gasteiger partial charge in [0.2, 0.25) is 0 Å². The summed E-state index contributed by atoms with van der Waals surface area (Å²) in [5.41, 5.74) is 5.46. The molecule has 0 aliphatic rings. The van der Waals surface area contributed by atoms with Crippen LogP contribution < -0.4 is 5.73 Å². The number of nitrogens with zero attached hydrogens (tertiary/aromatic N) is 3. The zero-order valence-corrected chi connectivity index (χ0v) is 10.1. The number of hydrogen-bond donors (Lipinski definition) is 1. The van der Waals surface area contributed by atoms with Crippen LogP contribution in [0.25, 0.3) is 0 Å².